The average molecular weight is 408 g/mol. The molecular weight excluding hydrogens is 390 g/mol. The molecule has 3 rings (SSSR count). The van der Waals surface area contributed by atoms with E-state index in [4.69, 9.17) is 13.9 Å². The minimum absolute atomic E-state index is 0.0122. The Morgan fingerprint density at radius 1 is 1.07 bits per heavy atom. The van der Waals surface area contributed by atoms with Crippen molar-refractivity contribution in [1.82, 2.24) is 10.2 Å². The molecule has 28 heavy (non-hydrogen) atoms. The molecule has 0 aliphatic heterocycles. The summed E-state index contributed by atoms with van der Waals surface area (Å²) < 4.78 is 45.4. The van der Waals surface area contributed by atoms with Crippen molar-refractivity contribution >= 4 is 11.8 Å². The van der Waals surface area contributed by atoms with Crippen LogP contribution in [0.3, 0.4) is 0 Å². The molecule has 0 N–H and O–H groups in total. The highest BCUT2D eigenvalue weighted by molar-refractivity contribution is 7.98. The summed E-state index contributed by atoms with van der Waals surface area (Å²) in [6, 6.07) is 12.1. The normalized spacial score (nSPS) is 10.9. The maximum atomic E-state index is 12.4. The van der Waals surface area contributed by atoms with Crippen LogP contribution in [0.5, 0.6) is 17.2 Å². The van der Waals surface area contributed by atoms with Crippen LogP contribution in [0.25, 0.3) is 11.5 Å². The molecule has 0 aliphatic rings. The van der Waals surface area contributed by atoms with Crippen LogP contribution in [0.2, 0.25) is 0 Å². The van der Waals surface area contributed by atoms with Gasteiger partial charge in [0.1, 0.15) is 5.75 Å². The number of halogens is 2. The average Bonchev–Trinajstić information content (AvgIpc) is 3.16. The van der Waals surface area contributed by atoms with E-state index in [2.05, 4.69) is 14.9 Å². The number of aromatic nitrogens is 2. The van der Waals surface area contributed by atoms with Gasteiger partial charge in [-0.25, -0.2) is 0 Å². The molecule has 0 atom stereocenters. The van der Waals surface area contributed by atoms with Crippen LogP contribution >= 0.6 is 11.8 Å². The van der Waals surface area contributed by atoms with E-state index in [-0.39, 0.29) is 11.5 Å². The summed E-state index contributed by atoms with van der Waals surface area (Å²) in [6.45, 7) is -0.390. The van der Waals surface area contributed by atoms with E-state index in [9.17, 15) is 8.78 Å². The first-order valence-corrected chi connectivity index (χ1v) is 9.39. The maximum absolute atomic E-state index is 12.4. The third-order valence-corrected chi connectivity index (χ3v) is 4.51. The minimum atomic E-state index is -2.91. The van der Waals surface area contributed by atoms with Crippen molar-refractivity contribution < 1.29 is 27.4 Å². The second-order valence-electron chi connectivity index (χ2n) is 5.48. The Morgan fingerprint density at radius 3 is 2.54 bits per heavy atom. The smallest absolute Gasteiger partial charge is 0.387 e. The van der Waals surface area contributed by atoms with Gasteiger partial charge in [0.05, 0.1) is 13.7 Å². The number of nitrogens with zero attached hydrogens (tertiary/aromatic N) is 2. The number of thioether (sulfide) groups is 1. The van der Waals surface area contributed by atoms with Crippen LogP contribution in [0.1, 0.15) is 12.5 Å². The second-order valence-corrected chi connectivity index (χ2v) is 6.41. The molecule has 1 heterocycles. The zero-order chi connectivity index (χ0) is 19.9. The van der Waals surface area contributed by atoms with Crippen molar-refractivity contribution in [3.05, 3.63) is 48.0 Å². The van der Waals surface area contributed by atoms with Gasteiger partial charge < -0.3 is 18.6 Å². The second kappa shape index (κ2) is 9.41. The number of rotatable bonds is 9. The fourth-order valence-electron chi connectivity index (χ4n) is 2.39. The topological polar surface area (TPSA) is 66.6 Å². The van der Waals surface area contributed by atoms with E-state index < -0.39 is 6.61 Å². The van der Waals surface area contributed by atoms with Crippen LogP contribution in [0.4, 0.5) is 8.78 Å². The molecule has 2 aromatic carbocycles. The lowest BCUT2D eigenvalue weighted by molar-refractivity contribution is -0.0512. The molecular formula is C19H18F2N2O4S. The Morgan fingerprint density at radius 2 is 1.86 bits per heavy atom. The zero-order valence-corrected chi connectivity index (χ0v) is 16.0. The van der Waals surface area contributed by atoms with Gasteiger partial charge in [0.2, 0.25) is 5.89 Å². The third-order valence-electron chi connectivity index (χ3n) is 3.63. The van der Waals surface area contributed by atoms with Crippen LogP contribution in [-0.2, 0) is 5.75 Å². The summed E-state index contributed by atoms with van der Waals surface area (Å²) >= 11 is 1.33. The van der Waals surface area contributed by atoms with Gasteiger partial charge in [-0.15, -0.1) is 10.2 Å². The van der Waals surface area contributed by atoms with E-state index in [1.807, 2.05) is 31.2 Å². The van der Waals surface area contributed by atoms with Gasteiger partial charge >= 0.3 is 6.61 Å². The number of hydrogen-bond donors (Lipinski definition) is 0. The standard InChI is InChI=1S/C19H18F2N2O4S/c1-3-25-14-7-5-13(6-8-14)17-22-23-19(27-17)28-11-12-4-9-15(26-18(20)21)16(10-12)24-2/h4-10,18H,3,11H2,1-2H3. The van der Waals surface area contributed by atoms with Crippen LogP contribution in [-0.4, -0.2) is 30.5 Å². The Labute approximate surface area is 164 Å². The van der Waals surface area contributed by atoms with Gasteiger partial charge in [-0.3, -0.25) is 0 Å². The van der Waals surface area contributed by atoms with Gasteiger partial charge in [-0.1, -0.05) is 17.8 Å². The molecule has 0 saturated heterocycles. The van der Waals surface area contributed by atoms with Crippen molar-refractivity contribution in [2.45, 2.75) is 24.5 Å². The Balaban J connectivity index is 1.64. The molecule has 0 aliphatic carbocycles. The Bertz CT molecular complexity index is 903. The fourth-order valence-corrected chi connectivity index (χ4v) is 3.09. The molecule has 0 bridgehead atoms. The highest BCUT2D eigenvalue weighted by Crippen LogP contribution is 2.32. The zero-order valence-electron chi connectivity index (χ0n) is 15.2. The molecule has 6 nitrogen and oxygen atoms in total. The summed E-state index contributed by atoms with van der Waals surface area (Å²) in [5, 5.41) is 8.47. The lowest BCUT2D eigenvalue weighted by atomic mass is 10.2. The fraction of sp³-hybridized carbons (Fsp3) is 0.263. The predicted octanol–water partition coefficient (Wildman–Crippen LogP) is 5.04. The maximum Gasteiger partial charge on any atom is 0.387 e. The lowest BCUT2D eigenvalue weighted by Gasteiger charge is -2.10. The number of benzene rings is 2. The monoisotopic (exact) mass is 408 g/mol. The predicted molar refractivity (Wildman–Crippen MR) is 100 cm³/mol. The molecule has 0 amide bonds. The first kappa shape index (κ1) is 19.9. The lowest BCUT2D eigenvalue weighted by Crippen LogP contribution is -2.03. The van der Waals surface area contributed by atoms with E-state index in [0.29, 0.717) is 23.5 Å². The molecule has 0 radical (unpaired) electrons. The summed E-state index contributed by atoms with van der Waals surface area (Å²) in [6.07, 6.45) is 0. The van der Waals surface area contributed by atoms with Gasteiger partial charge in [-0.05, 0) is 48.9 Å². The first-order chi connectivity index (χ1) is 13.6. The third kappa shape index (κ3) is 5.13. The van der Waals surface area contributed by atoms with Crippen molar-refractivity contribution in [1.29, 1.82) is 0 Å². The molecule has 0 unspecified atom stereocenters. The largest absolute Gasteiger partial charge is 0.494 e. The molecule has 0 saturated carbocycles. The molecule has 0 fully saturated rings. The summed E-state index contributed by atoms with van der Waals surface area (Å²) in [7, 11) is 1.39. The first-order valence-electron chi connectivity index (χ1n) is 8.40. The highest BCUT2D eigenvalue weighted by Gasteiger charge is 2.13. The number of alkyl halides is 2. The molecule has 9 heteroatoms. The SMILES string of the molecule is CCOc1ccc(-c2nnc(SCc3ccc(OC(F)F)c(OC)c3)o2)cc1. The highest BCUT2D eigenvalue weighted by atomic mass is 32.2. The molecule has 3 aromatic rings. The van der Waals surface area contributed by atoms with Crippen molar-refractivity contribution in [2.24, 2.45) is 0 Å². The van der Waals surface area contributed by atoms with E-state index in [0.717, 1.165) is 16.9 Å². The number of methoxy groups -OCH3 is 1. The molecule has 148 valence electrons. The van der Waals surface area contributed by atoms with Crippen molar-refractivity contribution in [3.63, 3.8) is 0 Å². The summed E-state index contributed by atoms with van der Waals surface area (Å²) in [4.78, 5) is 0. The van der Waals surface area contributed by atoms with Crippen LogP contribution in [0.15, 0.2) is 52.1 Å². The van der Waals surface area contributed by atoms with E-state index in [1.165, 1.54) is 24.9 Å². The summed E-state index contributed by atoms with van der Waals surface area (Å²) in [5.41, 5.74) is 1.63. The van der Waals surface area contributed by atoms with E-state index in [1.54, 1.807) is 12.1 Å². The van der Waals surface area contributed by atoms with Crippen molar-refractivity contribution in [2.75, 3.05) is 13.7 Å². The van der Waals surface area contributed by atoms with Gasteiger partial charge in [0.15, 0.2) is 11.5 Å². The number of hydrogen-bond acceptors (Lipinski definition) is 7. The quantitative estimate of drug-likeness (QED) is 0.460. The molecule has 0 spiro atoms. The minimum Gasteiger partial charge on any atom is -0.494 e. The van der Waals surface area contributed by atoms with Crippen molar-refractivity contribution in [3.8, 4) is 28.7 Å². The van der Waals surface area contributed by atoms with Gasteiger partial charge in [0.25, 0.3) is 5.22 Å². The van der Waals surface area contributed by atoms with Gasteiger partial charge in [0, 0.05) is 11.3 Å². The Kier molecular flexibility index (Phi) is 6.70. The summed E-state index contributed by atoms with van der Waals surface area (Å²) in [5.74, 6) is 1.90. The van der Waals surface area contributed by atoms with Gasteiger partial charge in [-0.2, -0.15) is 8.78 Å². The van der Waals surface area contributed by atoms with Crippen LogP contribution < -0.4 is 14.2 Å². The van der Waals surface area contributed by atoms with E-state index >= 15 is 0 Å². The molecule has 1 aromatic heterocycles. The Hall–Kier alpha value is -2.81. The van der Waals surface area contributed by atoms with Crippen LogP contribution in [0, 0.1) is 0 Å². The number of ether oxygens (including phenoxy) is 3.